The molecule has 146 valence electrons. The molecule has 0 fully saturated rings. The molecule has 4 atom stereocenters. The fourth-order valence-electron chi connectivity index (χ4n) is 3.01. The number of hydrogen-bond donors (Lipinski definition) is 1. The largest absolute Gasteiger partial charge is 0.497 e. The Hall–Kier alpha value is -1.65. The van der Waals surface area contributed by atoms with Crippen LogP contribution in [0.2, 0.25) is 0 Å². The number of aliphatic hydroxyl groups excluding tert-OH is 1. The zero-order valence-corrected chi connectivity index (χ0v) is 17.0. The van der Waals surface area contributed by atoms with E-state index in [-0.39, 0.29) is 17.6 Å². The van der Waals surface area contributed by atoms with Crippen LogP contribution in [0.25, 0.3) is 0 Å². The number of allylic oxidation sites excluding steroid dienone is 2. The molecular weight excluding hydrogens is 328 g/mol. The number of aliphatic hydroxyl groups is 1. The second-order valence-corrected chi connectivity index (χ2v) is 7.26. The molecule has 4 nitrogen and oxygen atoms in total. The second-order valence-electron chi connectivity index (χ2n) is 7.26. The summed E-state index contributed by atoms with van der Waals surface area (Å²) in [6.45, 7) is 10.5. The first-order valence-corrected chi connectivity index (χ1v) is 9.34. The van der Waals surface area contributed by atoms with Crippen LogP contribution >= 0.6 is 0 Å². The minimum Gasteiger partial charge on any atom is -0.497 e. The molecule has 0 aliphatic heterocycles. The number of carbonyl (C=O) groups excluding carboxylic acids is 1. The molecule has 0 amide bonds. The molecule has 0 aromatic heterocycles. The molecule has 1 aromatic rings. The lowest BCUT2D eigenvalue weighted by Gasteiger charge is -2.26. The summed E-state index contributed by atoms with van der Waals surface area (Å²) >= 11 is 0. The molecular formula is C22H34O4. The Kier molecular flexibility index (Phi) is 9.60. The van der Waals surface area contributed by atoms with E-state index < -0.39 is 12.0 Å². The third-order valence-corrected chi connectivity index (χ3v) is 4.96. The van der Waals surface area contributed by atoms with Crippen LogP contribution in [0.15, 0.2) is 35.9 Å². The van der Waals surface area contributed by atoms with Crippen molar-refractivity contribution in [3.63, 3.8) is 0 Å². The second kappa shape index (κ2) is 11.1. The molecule has 26 heavy (non-hydrogen) atoms. The van der Waals surface area contributed by atoms with Crippen molar-refractivity contribution in [3.8, 4) is 5.75 Å². The van der Waals surface area contributed by atoms with Crippen molar-refractivity contribution < 1.29 is 19.4 Å². The predicted molar refractivity (Wildman–Crippen MR) is 105 cm³/mol. The molecule has 0 bridgehead atoms. The standard InChI is InChI=1S/C22H34O4/c1-7-15(2)12-16(3)21(23)18(5)22(24)17(4)13-26-14-19-8-10-20(25-6)11-9-19/h7-11,16-18,21,23H,12-14H2,1-6H3/b15-7+/t16-,17+,18-,21+/m0/s1. The van der Waals surface area contributed by atoms with E-state index in [1.165, 1.54) is 5.57 Å². The Labute approximate surface area is 158 Å². The summed E-state index contributed by atoms with van der Waals surface area (Å²) in [6, 6.07) is 7.67. The summed E-state index contributed by atoms with van der Waals surface area (Å²) in [4.78, 5) is 12.6. The topological polar surface area (TPSA) is 55.8 Å². The van der Waals surface area contributed by atoms with Crippen LogP contribution < -0.4 is 4.74 Å². The fourth-order valence-corrected chi connectivity index (χ4v) is 3.01. The zero-order valence-electron chi connectivity index (χ0n) is 17.0. The van der Waals surface area contributed by atoms with Gasteiger partial charge in [-0.2, -0.15) is 0 Å². The van der Waals surface area contributed by atoms with Gasteiger partial charge in [0.25, 0.3) is 0 Å². The Morgan fingerprint density at radius 1 is 1.19 bits per heavy atom. The number of Topliss-reactive ketones (excluding diaryl/α,β-unsaturated/α-hetero) is 1. The van der Waals surface area contributed by atoms with Crippen LogP contribution in [-0.2, 0) is 16.1 Å². The van der Waals surface area contributed by atoms with Gasteiger partial charge in [-0.25, -0.2) is 0 Å². The van der Waals surface area contributed by atoms with E-state index in [9.17, 15) is 9.90 Å². The lowest BCUT2D eigenvalue weighted by atomic mass is 9.83. The van der Waals surface area contributed by atoms with E-state index in [1.54, 1.807) is 7.11 Å². The van der Waals surface area contributed by atoms with E-state index in [4.69, 9.17) is 9.47 Å². The molecule has 0 heterocycles. The van der Waals surface area contributed by atoms with E-state index in [1.807, 2.05) is 65.0 Å². The van der Waals surface area contributed by atoms with Crippen molar-refractivity contribution in [2.45, 2.75) is 53.8 Å². The smallest absolute Gasteiger partial charge is 0.143 e. The summed E-state index contributed by atoms with van der Waals surface area (Å²) in [6.07, 6.45) is 2.21. The Balaban J connectivity index is 2.46. The number of ether oxygens (including phenoxy) is 2. The Morgan fingerprint density at radius 2 is 1.81 bits per heavy atom. The van der Waals surface area contributed by atoms with Crippen LogP contribution in [0, 0.1) is 17.8 Å². The first-order chi connectivity index (χ1) is 12.3. The lowest BCUT2D eigenvalue weighted by molar-refractivity contribution is -0.132. The number of ketones is 1. The van der Waals surface area contributed by atoms with Gasteiger partial charge in [-0.15, -0.1) is 0 Å². The maximum absolute atomic E-state index is 12.6. The quantitative estimate of drug-likeness (QED) is 0.593. The molecule has 0 saturated heterocycles. The van der Waals surface area contributed by atoms with Gasteiger partial charge in [-0.05, 0) is 43.9 Å². The van der Waals surface area contributed by atoms with E-state index in [0.29, 0.717) is 13.2 Å². The lowest BCUT2D eigenvalue weighted by Crippen LogP contribution is -2.35. The maximum atomic E-state index is 12.6. The van der Waals surface area contributed by atoms with Crippen molar-refractivity contribution >= 4 is 5.78 Å². The molecule has 0 radical (unpaired) electrons. The number of carbonyl (C=O) groups is 1. The molecule has 4 heteroatoms. The fraction of sp³-hybridized carbons (Fsp3) is 0.591. The van der Waals surface area contributed by atoms with Crippen LogP contribution in [0.3, 0.4) is 0 Å². The predicted octanol–water partition coefficient (Wildman–Crippen LogP) is 4.41. The highest BCUT2D eigenvalue weighted by Gasteiger charge is 2.29. The average Bonchev–Trinajstić information content (AvgIpc) is 2.66. The zero-order chi connectivity index (χ0) is 19.7. The average molecular weight is 363 g/mol. The van der Waals surface area contributed by atoms with Gasteiger partial charge in [-0.1, -0.05) is 44.6 Å². The first-order valence-electron chi connectivity index (χ1n) is 9.34. The van der Waals surface area contributed by atoms with Crippen LogP contribution in [-0.4, -0.2) is 30.7 Å². The van der Waals surface area contributed by atoms with Gasteiger partial charge in [0, 0.05) is 11.8 Å². The number of hydrogen-bond acceptors (Lipinski definition) is 4. The highest BCUT2D eigenvalue weighted by molar-refractivity contribution is 5.83. The van der Waals surface area contributed by atoms with Crippen molar-refractivity contribution in [3.05, 3.63) is 41.5 Å². The van der Waals surface area contributed by atoms with Gasteiger partial charge in [0.15, 0.2) is 0 Å². The van der Waals surface area contributed by atoms with Crippen LogP contribution in [0.4, 0.5) is 0 Å². The van der Waals surface area contributed by atoms with Crippen molar-refractivity contribution in [1.29, 1.82) is 0 Å². The highest BCUT2D eigenvalue weighted by atomic mass is 16.5. The summed E-state index contributed by atoms with van der Waals surface area (Å²) in [7, 11) is 1.63. The Bertz CT molecular complexity index is 576. The third-order valence-electron chi connectivity index (χ3n) is 4.96. The summed E-state index contributed by atoms with van der Waals surface area (Å²) in [5.74, 6) is 0.277. The molecule has 1 rings (SSSR count). The number of benzene rings is 1. The van der Waals surface area contributed by atoms with Crippen molar-refractivity contribution in [1.82, 2.24) is 0 Å². The van der Waals surface area contributed by atoms with Gasteiger partial charge >= 0.3 is 0 Å². The minimum atomic E-state index is -0.638. The molecule has 1 aromatic carbocycles. The first kappa shape index (κ1) is 22.4. The van der Waals surface area contributed by atoms with E-state index in [0.717, 1.165) is 17.7 Å². The monoisotopic (exact) mass is 362 g/mol. The van der Waals surface area contributed by atoms with Crippen LogP contribution in [0.1, 0.15) is 46.6 Å². The molecule has 0 spiro atoms. The maximum Gasteiger partial charge on any atom is 0.143 e. The number of rotatable bonds is 11. The van der Waals surface area contributed by atoms with Crippen molar-refractivity contribution in [2.75, 3.05) is 13.7 Å². The molecule has 0 unspecified atom stereocenters. The van der Waals surface area contributed by atoms with E-state index in [2.05, 4.69) is 0 Å². The van der Waals surface area contributed by atoms with E-state index >= 15 is 0 Å². The normalized spacial score (nSPS) is 16.7. The molecule has 0 aliphatic rings. The Morgan fingerprint density at radius 3 is 2.35 bits per heavy atom. The third kappa shape index (κ3) is 6.93. The summed E-state index contributed by atoms with van der Waals surface area (Å²) in [5, 5.41) is 10.5. The summed E-state index contributed by atoms with van der Waals surface area (Å²) in [5.41, 5.74) is 2.26. The molecule has 0 saturated carbocycles. The van der Waals surface area contributed by atoms with Crippen LogP contribution in [0.5, 0.6) is 5.75 Å². The van der Waals surface area contributed by atoms with Gasteiger partial charge in [0.1, 0.15) is 11.5 Å². The summed E-state index contributed by atoms with van der Waals surface area (Å²) < 4.78 is 10.8. The van der Waals surface area contributed by atoms with Gasteiger partial charge < -0.3 is 14.6 Å². The van der Waals surface area contributed by atoms with Crippen molar-refractivity contribution in [2.24, 2.45) is 17.8 Å². The number of methoxy groups -OCH3 is 1. The molecule has 0 aliphatic carbocycles. The molecule has 1 N–H and O–H groups in total. The van der Waals surface area contributed by atoms with Gasteiger partial charge in [0.05, 0.1) is 26.4 Å². The van der Waals surface area contributed by atoms with Gasteiger partial charge in [0.2, 0.25) is 0 Å². The minimum absolute atomic E-state index is 0.0530. The van der Waals surface area contributed by atoms with Gasteiger partial charge in [-0.3, -0.25) is 4.79 Å². The SMILES string of the molecule is C/C=C(\C)C[C@H](C)[C@@H](O)[C@H](C)C(=O)[C@H](C)COCc1ccc(OC)cc1. The highest BCUT2D eigenvalue weighted by Crippen LogP contribution is 2.23.